The summed E-state index contributed by atoms with van der Waals surface area (Å²) in [4.78, 5) is 23.5. The predicted octanol–water partition coefficient (Wildman–Crippen LogP) is 2.35. The van der Waals surface area contributed by atoms with Crippen molar-refractivity contribution in [3.63, 3.8) is 0 Å². The van der Waals surface area contributed by atoms with Crippen LogP contribution in [0.4, 0.5) is 5.69 Å². The first-order valence-corrected chi connectivity index (χ1v) is 7.93. The Morgan fingerprint density at radius 1 is 1.18 bits per heavy atom. The van der Waals surface area contributed by atoms with Crippen LogP contribution in [0, 0.1) is 0 Å². The van der Waals surface area contributed by atoms with E-state index in [4.69, 9.17) is 0 Å². The number of rotatable bonds is 6. The number of carbonyl (C=O) groups is 2. The minimum absolute atomic E-state index is 0.00649. The molecule has 5 nitrogen and oxygen atoms in total. The van der Waals surface area contributed by atoms with Gasteiger partial charge in [-0.15, -0.1) is 0 Å². The highest BCUT2D eigenvalue weighted by Crippen LogP contribution is 2.29. The number of hydrogen-bond acceptors (Lipinski definition) is 3. The summed E-state index contributed by atoms with van der Waals surface area (Å²) in [6.45, 7) is 2.34. The second-order valence-electron chi connectivity index (χ2n) is 5.92. The Balaban J connectivity index is 1.83. The zero-order valence-corrected chi connectivity index (χ0v) is 13.0. The van der Waals surface area contributed by atoms with Crippen LogP contribution >= 0.6 is 0 Å². The number of amides is 2. The molecule has 2 rings (SSSR count). The lowest BCUT2D eigenvalue weighted by atomic mass is 10.0. The molecule has 0 spiro atoms. The summed E-state index contributed by atoms with van der Waals surface area (Å²) in [6.07, 6.45) is 4.21. The Morgan fingerprint density at radius 2 is 1.82 bits per heavy atom. The van der Waals surface area contributed by atoms with Crippen molar-refractivity contribution in [1.82, 2.24) is 5.32 Å². The van der Waals surface area contributed by atoms with Gasteiger partial charge in [-0.1, -0.05) is 19.1 Å². The van der Waals surface area contributed by atoms with E-state index in [0.717, 1.165) is 30.5 Å². The van der Waals surface area contributed by atoms with E-state index in [9.17, 15) is 14.7 Å². The molecule has 0 unspecified atom stereocenters. The second kappa shape index (κ2) is 7.40. The van der Waals surface area contributed by atoms with Crippen LogP contribution in [0.5, 0.6) is 0 Å². The molecule has 5 heteroatoms. The SMILES string of the molecule is CCCC(=O)Nc1ccc(CNC(=O)C2(O)CCCC2)cc1. The summed E-state index contributed by atoms with van der Waals surface area (Å²) >= 11 is 0. The Bertz CT molecular complexity index is 519. The molecule has 0 heterocycles. The van der Waals surface area contributed by atoms with Crippen molar-refractivity contribution < 1.29 is 14.7 Å². The minimum Gasteiger partial charge on any atom is -0.380 e. The highest BCUT2D eigenvalue weighted by atomic mass is 16.3. The molecule has 3 N–H and O–H groups in total. The summed E-state index contributed by atoms with van der Waals surface area (Å²) in [5, 5.41) is 15.8. The van der Waals surface area contributed by atoms with Crippen LogP contribution in [-0.4, -0.2) is 22.5 Å². The van der Waals surface area contributed by atoms with Crippen LogP contribution < -0.4 is 10.6 Å². The summed E-state index contributed by atoms with van der Waals surface area (Å²) in [7, 11) is 0. The average molecular weight is 304 g/mol. The van der Waals surface area contributed by atoms with Crippen LogP contribution in [-0.2, 0) is 16.1 Å². The third-order valence-corrected chi connectivity index (χ3v) is 4.02. The van der Waals surface area contributed by atoms with Crippen molar-refractivity contribution in [3.05, 3.63) is 29.8 Å². The number of carbonyl (C=O) groups excluding carboxylic acids is 2. The number of nitrogens with one attached hydrogen (secondary N) is 2. The molecule has 120 valence electrons. The lowest BCUT2D eigenvalue weighted by Crippen LogP contribution is -2.44. The van der Waals surface area contributed by atoms with Crippen LogP contribution in [0.2, 0.25) is 0 Å². The quantitative estimate of drug-likeness (QED) is 0.755. The molecule has 1 saturated carbocycles. The molecular formula is C17H24N2O3. The molecule has 0 atom stereocenters. The van der Waals surface area contributed by atoms with Crippen molar-refractivity contribution in [2.75, 3.05) is 5.32 Å². The van der Waals surface area contributed by atoms with Gasteiger partial charge in [-0.25, -0.2) is 0 Å². The molecule has 2 amide bonds. The van der Waals surface area contributed by atoms with Crippen molar-refractivity contribution >= 4 is 17.5 Å². The Labute approximate surface area is 131 Å². The van der Waals surface area contributed by atoms with Crippen LogP contribution in [0.3, 0.4) is 0 Å². The maximum Gasteiger partial charge on any atom is 0.252 e. The molecule has 0 radical (unpaired) electrons. The van der Waals surface area contributed by atoms with Crippen molar-refractivity contribution in [2.24, 2.45) is 0 Å². The first kappa shape index (κ1) is 16.5. The van der Waals surface area contributed by atoms with Gasteiger partial charge in [0.15, 0.2) is 0 Å². The van der Waals surface area contributed by atoms with Gasteiger partial charge in [0.25, 0.3) is 5.91 Å². The second-order valence-corrected chi connectivity index (χ2v) is 5.92. The van der Waals surface area contributed by atoms with Gasteiger partial charge in [0.05, 0.1) is 0 Å². The normalized spacial score (nSPS) is 16.3. The molecule has 1 aromatic rings. The van der Waals surface area contributed by atoms with Gasteiger partial charge in [-0.2, -0.15) is 0 Å². The van der Waals surface area contributed by atoms with Gasteiger partial charge in [0.2, 0.25) is 5.91 Å². The van der Waals surface area contributed by atoms with Crippen molar-refractivity contribution in [2.45, 2.75) is 57.6 Å². The molecule has 0 aromatic heterocycles. The summed E-state index contributed by atoms with van der Waals surface area (Å²) in [6, 6.07) is 7.36. The zero-order chi connectivity index (χ0) is 16.0. The third-order valence-electron chi connectivity index (χ3n) is 4.02. The number of anilines is 1. The molecule has 1 aliphatic carbocycles. The molecule has 22 heavy (non-hydrogen) atoms. The van der Waals surface area contributed by atoms with E-state index < -0.39 is 5.60 Å². The van der Waals surface area contributed by atoms with Gasteiger partial charge in [0, 0.05) is 18.7 Å². The molecule has 0 aliphatic heterocycles. The van der Waals surface area contributed by atoms with Gasteiger partial charge < -0.3 is 15.7 Å². The smallest absolute Gasteiger partial charge is 0.252 e. The summed E-state index contributed by atoms with van der Waals surface area (Å²) < 4.78 is 0. The fourth-order valence-electron chi connectivity index (χ4n) is 2.69. The Kier molecular flexibility index (Phi) is 5.55. The largest absolute Gasteiger partial charge is 0.380 e. The average Bonchev–Trinajstić information content (AvgIpc) is 2.94. The van der Waals surface area contributed by atoms with Crippen LogP contribution in [0.1, 0.15) is 51.0 Å². The number of benzene rings is 1. The Hall–Kier alpha value is -1.88. The molecule has 1 aliphatic rings. The fraction of sp³-hybridized carbons (Fsp3) is 0.529. The zero-order valence-electron chi connectivity index (χ0n) is 13.0. The molecule has 1 fully saturated rings. The first-order valence-electron chi connectivity index (χ1n) is 7.93. The van der Waals surface area contributed by atoms with Gasteiger partial charge in [0.1, 0.15) is 5.60 Å². The van der Waals surface area contributed by atoms with E-state index >= 15 is 0 Å². The Morgan fingerprint density at radius 3 is 2.41 bits per heavy atom. The summed E-state index contributed by atoms with van der Waals surface area (Å²) in [5.74, 6) is -0.280. The van der Waals surface area contributed by atoms with E-state index in [1.807, 2.05) is 31.2 Å². The fourth-order valence-corrected chi connectivity index (χ4v) is 2.69. The summed E-state index contributed by atoms with van der Waals surface area (Å²) in [5.41, 5.74) is 0.500. The van der Waals surface area contributed by atoms with Crippen molar-refractivity contribution in [1.29, 1.82) is 0 Å². The maximum atomic E-state index is 12.0. The lowest BCUT2D eigenvalue weighted by molar-refractivity contribution is -0.139. The van der Waals surface area contributed by atoms with E-state index in [1.165, 1.54) is 0 Å². The van der Waals surface area contributed by atoms with Crippen LogP contribution in [0.25, 0.3) is 0 Å². The topological polar surface area (TPSA) is 78.4 Å². The van der Waals surface area contributed by atoms with Gasteiger partial charge in [-0.3, -0.25) is 9.59 Å². The molecular weight excluding hydrogens is 280 g/mol. The van der Waals surface area contributed by atoms with Gasteiger partial charge in [-0.05, 0) is 49.8 Å². The lowest BCUT2D eigenvalue weighted by Gasteiger charge is -2.20. The molecule has 0 saturated heterocycles. The number of aliphatic hydroxyl groups is 1. The van der Waals surface area contributed by atoms with E-state index in [1.54, 1.807) is 0 Å². The van der Waals surface area contributed by atoms with Crippen LogP contribution in [0.15, 0.2) is 24.3 Å². The van der Waals surface area contributed by atoms with E-state index in [0.29, 0.717) is 25.8 Å². The monoisotopic (exact) mass is 304 g/mol. The molecule has 0 bridgehead atoms. The first-order chi connectivity index (χ1) is 10.5. The highest BCUT2D eigenvalue weighted by molar-refractivity contribution is 5.90. The molecule has 1 aromatic carbocycles. The maximum absolute atomic E-state index is 12.0. The third kappa shape index (κ3) is 4.31. The van der Waals surface area contributed by atoms with E-state index in [-0.39, 0.29) is 11.8 Å². The highest BCUT2D eigenvalue weighted by Gasteiger charge is 2.38. The number of hydrogen-bond donors (Lipinski definition) is 3. The van der Waals surface area contributed by atoms with E-state index in [2.05, 4.69) is 10.6 Å². The standard InChI is InChI=1S/C17H24N2O3/c1-2-5-15(20)19-14-8-6-13(7-9-14)12-18-16(21)17(22)10-3-4-11-17/h6-9,22H,2-5,10-12H2,1H3,(H,18,21)(H,19,20). The predicted molar refractivity (Wildman–Crippen MR) is 85.2 cm³/mol. The van der Waals surface area contributed by atoms with Gasteiger partial charge >= 0.3 is 0 Å². The minimum atomic E-state index is -1.19. The van der Waals surface area contributed by atoms with Crippen molar-refractivity contribution in [3.8, 4) is 0 Å².